The summed E-state index contributed by atoms with van der Waals surface area (Å²) in [5.41, 5.74) is -2.36. The molecular weight excluding hydrogens is 331 g/mol. The van der Waals surface area contributed by atoms with Gasteiger partial charge in [-0.15, -0.1) is 0 Å². The smallest absolute Gasteiger partial charge is 0.420 e. The molecule has 1 unspecified atom stereocenters. The zero-order valence-corrected chi connectivity index (χ0v) is 13.2. The Labute approximate surface area is 136 Å². The molecule has 6 nitrogen and oxygen atoms in total. The van der Waals surface area contributed by atoms with E-state index >= 15 is 0 Å². The van der Waals surface area contributed by atoms with E-state index in [0.29, 0.717) is 12.5 Å². The van der Waals surface area contributed by atoms with E-state index in [1.165, 1.54) is 0 Å². The lowest BCUT2D eigenvalue weighted by molar-refractivity contribution is -0.386. The summed E-state index contributed by atoms with van der Waals surface area (Å²) in [6.07, 6.45) is -4.32. The average molecular weight is 349 g/mol. The van der Waals surface area contributed by atoms with Crippen LogP contribution in [0.3, 0.4) is 0 Å². The van der Waals surface area contributed by atoms with Crippen molar-refractivity contribution >= 4 is 11.7 Å². The molecule has 1 aromatic carbocycles. The molecule has 0 fully saturated rings. The van der Waals surface area contributed by atoms with Gasteiger partial charge in [0, 0.05) is 12.5 Å². The number of alkyl halides is 3. The number of ether oxygens (including phenoxy) is 1. The molecule has 134 valence electrons. The Hall–Kier alpha value is -2.32. The monoisotopic (exact) mass is 349 g/mol. The van der Waals surface area contributed by atoms with Crippen LogP contribution >= 0.6 is 0 Å². The van der Waals surface area contributed by atoms with Gasteiger partial charge in [0.05, 0.1) is 11.5 Å². The van der Waals surface area contributed by atoms with Crippen molar-refractivity contribution in [2.24, 2.45) is 5.92 Å². The number of nitro benzene ring substituents is 1. The van der Waals surface area contributed by atoms with Crippen molar-refractivity contribution < 1.29 is 32.7 Å². The Morgan fingerprint density at radius 3 is 2.54 bits per heavy atom. The molecule has 1 N–H and O–H groups in total. The minimum Gasteiger partial charge on any atom is -0.502 e. The summed E-state index contributed by atoms with van der Waals surface area (Å²) in [7, 11) is 0. The molecule has 0 bridgehead atoms. The number of hydrogen-bond acceptors (Lipinski definition) is 5. The van der Waals surface area contributed by atoms with Gasteiger partial charge in [0.25, 0.3) is 0 Å². The molecule has 1 rings (SSSR count). The molecule has 9 heteroatoms. The number of carbonyl (C=O) groups is 1. The maximum Gasteiger partial charge on any atom is 0.420 e. The maximum atomic E-state index is 12.9. The lowest BCUT2D eigenvalue weighted by Gasteiger charge is -2.14. The summed E-state index contributed by atoms with van der Waals surface area (Å²) in [5, 5.41) is 20.3. The predicted octanol–water partition coefficient (Wildman–Crippen LogP) is 3.84. The molecular formula is C15H18F3NO5. The first-order valence-corrected chi connectivity index (χ1v) is 7.29. The van der Waals surface area contributed by atoms with Gasteiger partial charge in [-0.05, 0) is 37.3 Å². The molecule has 0 aliphatic carbocycles. The largest absolute Gasteiger partial charge is 0.502 e. The van der Waals surface area contributed by atoms with E-state index in [4.69, 9.17) is 4.74 Å². The van der Waals surface area contributed by atoms with Crippen LogP contribution in [0.5, 0.6) is 5.75 Å². The van der Waals surface area contributed by atoms with Gasteiger partial charge < -0.3 is 9.84 Å². The number of halogens is 3. The number of benzene rings is 1. The highest BCUT2D eigenvalue weighted by Gasteiger charge is 2.38. The van der Waals surface area contributed by atoms with Crippen molar-refractivity contribution in [1.82, 2.24) is 0 Å². The second-order valence-electron chi connectivity index (χ2n) is 5.42. The highest BCUT2D eigenvalue weighted by molar-refractivity contribution is 5.69. The number of carbonyl (C=O) groups excluding carboxylic acids is 1. The molecule has 0 saturated heterocycles. The number of phenolic OH excluding ortho intramolecular Hbond substituents is 1. The highest BCUT2D eigenvalue weighted by Crippen LogP contribution is 2.41. The number of nitrogens with zero attached hydrogens (tertiary/aromatic N) is 1. The molecule has 1 aromatic rings. The van der Waals surface area contributed by atoms with Gasteiger partial charge in [0.15, 0.2) is 0 Å². The highest BCUT2D eigenvalue weighted by atomic mass is 19.4. The van der Waals surface area contributed by atoms with Crippen molar-refractivity contribution in [1.29, 1.82) is 0 Å². The number of aromatic hydroxyl groups is 1. The van der Waals surface area contributed by atoms with Crippen LogP contribution in [-0.2, 0) is 22.1 Å². The third-order valence-corrected chi connectivity index (χ3v) is 3.38. The molecule has 0 aliphatic rings. The minimum absolute atomic E-state index is 0.0724. The van der Waals surface area contributed by atoms with Crippen LogP contribution in [-0.4, -0.2) is 22.6 Å². The zero-order valence-electron chi connectivity index (χ0n) is 13.2. The number of hydrogen-bond donors (Lipinski definition) is 1. The van der Waals surface area contributed by atoms with E-state index in [9.17, 15) is 33.2 Å². The van der Waals surface area contributed by atoms with E-state index in [1.54, 1.807) is 13.8 Å². The summed E-state index contributed by atoms with van der Waals surface area (Å²) >= 11 is 0. The number of rotatable bonds is 7. The minimum atomic E-state index is -4.90. The maximum absolute atomic E-state index is 12.9. The van der Waals surface area contributed by atoms with Crippen LogP contribution in [0.4, 0.5) is 18.9 Å². The Balaban J connectivity index is 2.97. The first-order valence-electron chi connectivity index (χ1n) is 7.29. The molecule has 0 amide bonds. The van der Waals surface area contributed by atoms with Gasteiger partial charge in [0.1, 0.15) is 5.56 Å². The molecule has 0 heterocycles. The van der Waals surface area contributed by atoms with Gasteiger partial charge in [-0.2, -0.15) is 13.2 Å². The predicted molar refractivity (Wildman–Crippen MR) is 78.5 cm³/mol. The Kier molecular flexibility index (Phi) is 6.56. The van der Waals surface area contributed by atoms with E-state index in [0.717, 1.165) is 6.07 Å². The summed E-state index contributed by atoms with van der Waals surface area (Å²) in [5.74, 6) is -1.99. The third kappa shape index (κ3) is 5.39. The molecule has 0 spiro atoms. The van der Waals surface area contributed by atoms with Crippen molar-refractivity contribution in [3.05, 3.63) is 33.4 Å². The van der Waals surface area contributed by atoms with Gasteiger partial charge >= 0.3 is 17.8 Å². The SMILES string of the molecule is CCOC(=O)CCC(C)Cc1cc([N+](=O)[O-])c(O)c(C(F)(F)F)c1. The normalized spacial score (nSPS) is 12.7. The van der Waals surface area contributed by atoms with Crippen LogP contribution in [0.2, 0.25) is 0 Å². The third-order valence-electron chi connectivity index (χ3n) is 3.38. The average Bonchev–Trinajstić information content (AvgIpc) is 2.45. The lowest BCUT2D eigenvalue weighted by Crippen LogP contribution is -2.10. The Morgan fingerprint density at radius 2 is 2.04 bits per heavy atom. The van der Waals surface area contributed by atoms with Gasteiger partial charge in [-0.25, -0.2) is 0 Å². The molecule has 0 radical (unpaired) electrons. The second-order valence-corrected chi connectivity index (χ2v) is 5.42. The summed E-state index contributed by atoms with van der Waals surface area (Å²) < 4.78 is 43.5. The van der Waals surface area contributed by atoms with Gasteiger partial charge in [-0.3, -0.25) is 14.9 Å². The van der Waals surface area contributed by atoms with Crippen molar-refractivity contribution in [2.75, 3.05) is 6.61 Å². The fraction of sp³-hybridized carbons (Fsp3) is 0.533. The van der Waals surface area contributed by atoms with Crippen LogP contribution in [0.25, 0.3) is 0 Å². The fourth-order valence-electron chi connectivity index (χ4n) is 2.25. The molecule has 0 aromatic heterocycles. The van der Waals surface area contributed by atoms with E-state index in [-0.39, 0.29) is 30.9 Å². The van der Waals surface area contributed by atoms with E-state index < -0.39 is 34.1 Å². The molecule has 24 heavy (non-hydrogen) atoms. The molecule has 1 atom stereocenters. The van der Waals surface area contributed by atoms with Gasteiger partial charge in [-0.1, -0.05) is 6.92 Å². The van der Waals surface area contributed by atoms with Crippen LogP contribution < -0.4 is 0 Å². The van der Waals surface area contributed by atoms with Crippen molar-refractivity contribution in [2.45, 2.75) is 39.3 Å². The summed E-state index contributed by atoms with van der Waals surface area (Å²) in [6, 6.07) is 1.62. The Bertz CT molecular complexity index is 616. The lowest BCUT2D eigenvalue weighted by atomic mass is 9.94. The summed E-state index contributed by atoms with van der Waals surface area (Å²) in [4.78, 5) is 21.1. The van der Waals surface area contributed by atoms with Crippen LogP contribution in [0.15, 0.2) is 12.1 Å². The summed E-state index contributed by atoms with van der Waals surface area (Å²) in [6.45, 7) is 3.62. The first kappa shape index (κ1) is 19.7. The topological polar surface area (TPSA) is 89.7 Å². The van der Waals surface area contributed by atoms with Gasteiger partial charge in [0.2, 0.25) is 5.75 Å². The quantitative estimate of drug-likeness (QED) is 0.459. The van der Waals surface area contributed by atoms with Crippen LogP contribution in [0, 0.1) is 16.0 Å². The standard InChI is InChI=1S/C15H18F3NO5/c1-3-24-13(20)5-4-9(2)6-10-7-11(15(16,17)18)14(21)12(8-10)19(22)23/h7-9,21H,3-6H2,1-2H3. The van der Waals surface area contributed by atoms with E-state index in [2.05, 4.69) is 0 Å². The van der Waals surface area contributed by atoms with Crippen molar-refractivity contribution in [3.8, 4) is 5.75 Å². The second kappa shape index (κ2) is 7.98. The molecule has 0 aliphatic heterocycles. The zero-order chi connectivity index (χ0) is 18.5. The Morgan fingerprint density at radius 1 is 1.42 bits per heavy atom. The fourth-order valence-corrected chi connectivity index (χ4v) is 2.25. The van der Waals surface area contributed by atoms with E-state index in [1.807, 2.05) is 0 Å². The number of phenols is 1. The first-order chi connectivity index (χ1) is 11.1. The molecule has 0 saturated carbocycles. The van der Waals surface area contributed by atoms with Crippen LogP contribution in [0.1, 0.15) is 37.8 Å². The number of nitro groups is 1. The number of esters is 1. The van der Waals surface area contributed by atoms with Crippen molar-refractivity contribution in [3.63, 3.8) is 0 Å².